The summed E-state index contributed by atoms with van der Waals surface area (Å²) >= 11 is 0. The van der Waals surface area contributed by atoms with Crippen LogP contribution in [0.15, 0.2) is 91.0 Å². The van der Waals surface area contributed by atoms with Crippen LogP contribution < -0.4 is 23.7 Å². The summed E-state index contributed by atoms with van der Waals surface area (Å²) in [7, 11) is 2.33. The molecule has 8 rings (SSSR count). The molecule has 4 aliphatic heterocycles. The molecule has 4 aliphatic rings. The summed E-state index contributed by atoms with van der Waals surface area (Å²) in [6, 6.07) is 31.7. The third-order valence-electron chi connectivity index (χ3n) is 10.0. The van der Waals surface area contributed by atoms with Crippen LogP contribution in [0.4, 0.5) is 0 Å². The SMILES string of the molecule is CN1C2CCC1CC(OC(c1ccccc1)c1ccccc1)C2.COc1ccc2c(c1)OC1(O)COc3cc(OC)c(OC)cc3C1=C2.O=S(=O)(O)O. The minimum atomic E-state index is -4.67. The lowest BCUT2D eigenvalue weighted by Gasteiger charge is -2.39. The Hall–Kier alpha value is -4.63. The zero-order valence-corrected chi connectivity index (χ0v) is 30.9. The first-order valence-electron chi connectivity index (χ1n) is 17.3. The molecule has 2 fully saturated rings. The van der Waals surface area contributed by atoms with E-state index < -0.39 is 16.2 Å². The highest BCUT2D eigenvalue weighted by atomic mass is 32.3. The van der Waals surface area contributed by atoms with Crippen molar-refractivity contribution in [3.63, 3.8) is 0 Å². The van der Waals surface area contributed by atoms with E-state index in [0.717, 1.165) is 5.56 Å². The van der Waals surface area contributed by atoms with E-state index in [2.05, 4.69) is 72.6 Å². The lowest BCUT2D eigenvalue weighted by molar-refractivity contribution is -0.116. The van der Waals surface area contributed by atoms with Crippen LogP contribution in [-0.4, -0.2) is 86.5 Å². The van der Waals surface area contributed by atoms with E-state index in [4.69, 9.17) is 45.9 Å². The van der Waals surface area contributed by atoms with Crippen molar-refractivity contribution >= 4 is 22.0 Å². The van der Waals surface area contributed by atoms with E-state index in [9.17, 15) is 5.11 Å². The lowest BCUT2D eigenvalue weighted by Crippen LogP contribution is -2.47. The van der Waals surface area contributed by atoms with Crippen molar-refractivity contribution in [2.45, 2.75) is 55.8 Å². The van der Waals surface area contributed by atoms with E-state index in [1.807, 2.05) is 18.2 Å². The predicted molar refractivity (Wildman–Crippen MR) is 199 cm³/mol. The molecule has 0 radical (unpaired) electrons. The molecular formula is C40H45NO11S. The standard InChI is InChI=1S/C21H25NO.C19H18O6.H2O4S/c1-22-18-12-13-19(22)15-20(14-18)23-21(16-8-4-2-5-9-16)17-10-6-3-7-11-17;1-21-12-5-4-11-6-14-13-8-17(22-2)18(23-3)9-16(13)24-10-19(14,20)25-15(11)7-12;1-5(2,3)4/h2-11,18-21H,12-15H2,1H3;4-9,20H,10H2,1-3H3;(H2,1,2,3,4). The maximum atomic E-state index is 11.0. The number of benzene rings is 4. The van der Waals surface area contributed by atoms with Crippen molar-refractivity contribution in [2.24, 2.45) is 0 Å². The molecule has 0 aliphatic carbocycles. The molecule has 282 valence electrons. The fourth-order valence-corrected chi connectivity index (χ4v) is 7.39. The fourth-order valence-electron chi connectivity index (χ4n) is 7.39. The highest BCUT2D eigenvalue weighted by molar-refractivity contribution is 7.79. The summed E-state index contributed by atoms with van der Waals surface area (Å²) in [4.78, 5) is 2.57. The zero-order valence-electron chi connectivity index (χ0n) is 30.0. The first kappa shape index (κ1) is 38.1. The van der Waals surface area contributed by atoms with Crippen molar-refractivity contribution in [3.05, 3.63) is 113 Å². The van der Waals surface area contributed by atoms with Gasteiger partial charge in [-0.25, -0.2) is 0 Å². The third kappa shape index (κ3) is 8.95. The van der Waals surface area contributed by atoms with Crippen molar-refractivity contribution in [1.29, 1.82) is 0 Å². The Bertz CT molecular complexity index is 1950. The molecule has 2 bridgehead atoms. The normalized spacial score (nSPS) is 22.5. The smallest absolute Gasteiger partial charge is 0.394 e. The molecule has 4 aromatic carbocycles. The van der Waals surface area contributed by atoms with Gasteiger partial charge in [-0.1, -0.05) is 60.7 Å². The average molecular weight is 748 g/mol. The Balaban J connectivity index is 0.000000162. The molecule has 0 spiro atoms. The number of methoxy groups -OCH3 is 3. The van der Waals surface area contributed by atoms with Gasteiger partial charge in [0.15, 0.2) is 18.1 Å². The highest BCUT2D eigenvalue weighted by Gasteiger charge is 2.45. The number of hydrogen-bond donors (Lipinski definition) is 3. The van der Waals surface area contributed by atoms with Crippen molar-refractivity contribution in [3.8, 4) is 28.7 Å². The first-order valence-corrected chi connectivity index (χ1v) is 18.7. The number of aliphatic hydroxyl groups is 1. The number of ether oxygens (including phenoxy) is 6. The Kier molecular flexibility index (Phi) is 11.6. The Morgan fingerprint density at radius 1 is 0.792 bits per heavy atom. The van der Waals surface area contributed by atoms with Gasteiger partial charge >= 0.3 is 10.4 Å². The molecule has 2 saturated heterocycles. The second-order valence-electron chi connectivity index (χ2n) is 13.3. The number of hydrogen-bond acceptors (Lipinski definition) is 10. The summed E-state index contributed by atoms with van der Waals surface area (Å²) < 4.78 is 65.7. The van der Waals surface area contributed by atoms with Crippen LogP contribution in [0.25, 0.3) is 11.6 Å². The van der Waals surface area contributed by atoms with Gasteiger partial charge in [-0.2, -0.15) is 8.42 Å². The highest BCUT2D eigenvalue weighted by Crippen LogP contribution is 2.49. The van der Waals surface area contributed by atoms with E-state index >= 15 is 0 Å². The lowest BCUT2D eigenvalue weighted by atomic mass is 9.90. The van der Waals surface area contributed by atoms with Crippen LogP contribution in [0, 0.1) is 0 Å². The molecule has 0 saturated carbocycles. The van der Waals surface area contributed by atoms with Crippen LogP contribution in [-0.2, 0) is 15.1 Å². The predicted octanol–water partition coefficient (Wildman–Crippen LogP) is 6.49. The summed E-state index contributed by atoms with van der Waals surface area (Å²) in [6.07, 6.45) is 7.32. The second kappa shape index (κ2) is 16.2. The quantitative estimate of drug-likeness (QED) is 0.177. The van der Waals surface area contributed by atoms with Gasteiger partial charge in [0.2, 0.25) is 0 Å². The number of piperidine rings is 1. The molecule has 3 N–H and O–H groups in total. The molecule has 4 aromatic rings. The molecule has 53 heavy (non-hydrogen) atoms. The molecular weight excluding hydrogens is 703 g/mol. The fraction of sp³-hybridized carbons (Fsp3) is 0.350. The molecule has 12 nitrogen and oxygen atoms in total. The molecule has 3 atom stereocenters. The Morgan fingerprint density at radius 3 is 1.91 bits per heavy atom. The van der Waals surface area contributed by atoms with Crippen LogP contribution in [0.2, 0.25) is 0 Å². The van der Waals surface area contributed by atoms with Gasteiger partial charge in [0.05, 0.1) is 27.4 Å². The van der Waals surface area contributed by atoms with Crippen LogP contribution in [0.5, 0.6) is 28.7 Å². The minimum Gasteiger partial charge on any atom is -0.497 e. The van der Waals surface area contributed by atoms with Crippen LogP contribution in [0.3, 0.4) is 0 Å². The van der Waals surface area contributed by atoms with Crippen LogP contribution >= 0.6 is 0 Å². The summed E-state index contributed by atoms with van der Waals surface area (Å²) in [6.45, 7) is -0.0298. The second-order valence-corrected chi connectivity index (χ2v) is 14.2. The van der Waals surface area contributed by atoms with Gasteiger partial charge in [-0.05, 0) is 68.1 Å². The van der Waals surface area contributed by atoms with Crippen LogP contribution in [0.1, 0.15) is 54.0 Å². The van der Waals surface area contributed by atoms with Crippen molar-refractivity contribution < 1.29 is 51.1 Å². The third-order valence-corrected chi connectivity index (χ3v) is 10.0. The molecule has 0 amide bonds. The summed E-state index contributed by atoms with van der Waals surface area (Å²) in [5.41, 5.74) is 4.68. The van der Waals surface area contributed by atoms with Gasteiger partial charge in [0.25, 0.3) is 5.79 Å². The average Bonchev–Trinajstić information content (AvgIpc) is 3.34. The van der Waals surface area contributed by atoms with E-state index in [-0.39, 0.29) is 12.7 Å². The molecule has 0 aromatic heterocycles. The monoisotopic (exact) mass is 747 g/mol. The van der Waals surface area contributed by atoms with E-state index in [0.29, 0.717) is 58.1 Å². The largest absolute Gasteiger partial charge is 0.497 e. The maximum Gasteiger partial charge on any atom is 0.394 e. The minimum absolute atomic E-state index is 0.0298. The van der Waals surface area contributed by atoms with Gasteiger partial charge in [-0.15, -0.1) is 0 Å². The molecule has 13 heteroatoms. The molecule has 4 heterocycles. The van der Waals surface area contributed by atoms with Gasteiger partial charge < -0.3 is 38.4 Å². The summed E-state index contributed by atoms with van der Waals surface area (Å²) in [5.74, 6) is 1.34. The van der Waals surface area contributed by atoms with Gasteiger partial charge in [0, 0.05) is 40.9 Å². The Morgan fingerprint density at radius 2 is 1.36 bits per heavy atom. The zero-order chi connectivity index (χ0) is 37.8. The van der Waals surface area contributed by atoms with E-state index in [1.165, 1.54) is 36.8 Å². The number of nitrogens with zero attached hydrogens (tertiary/aromatic N) is 1. The topological polar surface area (TPSA) is 153 Å². The Labute approximate surface area is 310 Å². The maximum absolute atomic E-state index is 11.0. The number of fused-ring (bicyclic) bond motifs is 6. The van der Waals surface area contributed by atoms with E-state index in [1.54, 1.807) is 39.5 Å². The molecule has 3 unspecified atom stereocenters. The van der Waals surface area contributed by atoms with Gasteiger partial charge in [-0.3, -0.25) is 9.11 Å². The number of rotatable bonds is 7. The van der Waals surface area contributed by atoms with Gasteiger partial charge in [0.1, 0.15) is 23.4 Å². The van der Waals surface area contributed by atoms with Crippen molar-refractivity contribution in [2.75, 3.05) is 35.0 Å². The summed E-state index contributed by atoms with van der Waals surface area (Å²) in [5, 5.41) is 11.0. The first-order chi connectivity index (χ1) is 25.4. The van der Waals surface area contributed by atoms with Crippen molar-refractivity contribution in [1.82, 2.24) is 4.90 Å².